The van der Waals surface area contributed by atoms with E-state index in [2.05, 4.69) is 31.0 Å². The Hall–Kier alpha value is -2.75. The average Bonchev–Trinajstić information content (AvgIpc) is 2.79. The minimum atomic E-state index is -2.95. The molecular formula is C30H40F3N. The van der Waals surface area contributed by atoms with Crippen molar-refractivity contribution in [3.05, 3.63) is 89.3 Å². The number of benzene rings is 2. The Balaban J connectivity index is 0.00000281. The predicted molar refractivity (Wildman–Crippen MR) is 143 cm³/mol. The second kappa shape index (κ2) is 13.8. The quantitative estimate of drug-likeness (QED) is 0.340. The molecule has 0 fully saturated rings. The summed E-state index contributed by atoms with van der Waals surface area (Å²) in [5.74, 6) is -5.20. The third-order valence-corrected chi connectivity index (χ3v) is 5.65. The number of aryl methyl sites for hydroxylation is 1. The lowest BCUT2D eigenvalue weighted by Gasteiger charge is -2.27. The van der Waals surface area contributed by atoms with E-state index in [0.29, 0.717) is 17.7 Å². The molecule has 0 amide bonds. The smallest absolute Gasteiger partial charge is 0.252 e. The highest BCUT2D eigenvalue weighted by Crippen LogP contribution is 2.38. The van der Waals surface area contributed by atoms with Gasteiger partial charge in [0.05, 0.1) is 0 Å². The van der Waals surface area contributed by atoms with E-state index < -0.39 is 23.6 Å². The minimum Gasteiger partial charge on any atom is -0.356 e. The van der Waals surface area contributed by atoms with E-state index in [0.717, 1.165) is 30.2 Å². The Morgan fingerprint density at radius 1 is 1.06 bits per heavy atom. The van der Waals surface area contributed by atoms with Gasteiger partial charge in [0, 0.05) is 22.9 Å². The SMILES string of the molecule is C=C(Nc1ccc(C)c(/C=C\CC)c1)c1ccc(C(C)C(/C=C\CC)C(C)(F)F)c(F)c1.CC. The highest BCUT2D eigenvalue weighted by atomic mass is 19.3. The Labute approximate surface area is 204 Å². The van der Waals surface area contributed by atoms with E-state index in [1.165, 1.54) is 12.1 Å². The molecule has 0 radical (unpaired) electrons. The number of alkyl halides is 2. The van der Waals surface area contributed by atoms with Crippen molar-refractivity contribution in [2.24, 2.45) is 5.92 Å². The molecule has 0 heterocycles. The molecule has 34 heavy (non-hydrogen) atoms. The Morgan fingerprint density at radius 2 is 1.71 bits per heavy atom. The summed E-state index contributed by atoms with van der Waals surface area (Å²) >= 11 is 0. The van der Waals surface area contributed by atoms with Gasteiger partial charge in [-0.15, -0.1) is 0 Å². The summed E-state index contributed by atoms with van der Waals surface area (Å²) in [5, 5.41) is 3.23. The van der Waals surface area contributed by atoms with Crippen LogP contribution >= 0.6 is 0 Å². The Morgan fingerprint density at radius 3 is 2.26 bits per heavy atom. The van der Waals surface area contributed by atoms with Gasteiger partial charge in [0.15, 0.2) is 0 Å². The summed E-state index contributed by atoms with van der Waals surface area (Å²) in [7, 11) is 0. The van der Waals surface area contributed by atoms with Crippen LogP contribution in [0, 0.1) is 18.7 Å². The van der Waals surface area contributed by atoms with Gasteiger partial charge >= 0.3 is 0 Å². The van der Waals surface area contributed by atoms with Crippen molar-refractivity contribution in [2.75, 3.05) is 5.32 Å². The highest BCUT2D eigenvalue weighted by Gasteiger charge is 2.37. The summed E-state index contributed by atoms with van der Waals surface area (Å²) < 4.78 is 43.3. The van der Waals surface area contributed by atoms with E-state index >= 15 is 0 Å². The first kappa shape index (κ1) is 29.3. The normalized spacial score (nSPS) is 13.5. The lowest BCUT2D eigenvalue weighted by Crippen LogP contribution is -2.28. The lowest BCUT2D eigenvalue weighted by atomic mass is 9.82. The molecule has 0 aromatic heterocycles. The molecule has 2 unspecified atom stereocenters. The van der Waals surface area contributed by atoms with Gasteiger partial charge < -0.3 is 5.32 Å². The zero-order valence-corrected chi connectivity index (χ0v) is 21.7. The fourth-order valence-electron chi connectivity index (χ4n) is 3.72. The first-order valence-corrected chi connectivity index (χ1v) is 12.2. The maximum Gasteiger partial charge on any atom is 0.252 e. The van der Waals surface area contributed by atoms with E-state index in [9.17, 15) is 13.2 Å². The van der Waals surface area contributed by atoms with Gasteiger partial charge in [-0.05, 0) is 67.5 Å². The van der Waals surface area contributed by atoms with E-state index in [-0.39, 0.29) is 5.56 Å². The molecule has 1 nitrogen and oxygen atoms in total. The molecule has 4 heteroatoms. The zero-order valence-electron chi connectivity index (χ0n) is 21.7. The number of rotatable bonds is 10. The summed E-state index contributed by atoms with van der Waals surface area (Å²) in [6, 6.07) is 10.7. The second-order valence-corrected chi connectivity index (χ2v) is 8.33. The van der Waals surface area contributed by atoms with Crippen LogP contribution in [0.2, 0.25) is 0 Å². The van der Waals surface area contributed by atoms with Crippen molar-refractivity contribution in [3.63, 3.8) is 0 Å². The first-order chi connectivity index (χ1) is 16.1. The Bertz CT molecular complexity index is 983. The van der Waals surface area contributed by atoms with Crippen molar-refractivity contribution in [2.45, 2.75) is 73.1 Å². The second-order valence-electron chi connectivity index (χ2n) is 8.33. The minimum absolute atomic E-state index is 0.274. The van der Waals surface area contributed by atoms with Gasteiger partial charge in [-0.3, -0.25) is 0 Å². The largest absolute Gasteiger partial charge is 0.356 e. The van der Waals surface area contributed by atoms with E-state index in [1.807, 2.05) is 45.9 Å². The molecule has 2 aromatic rings. The first-order valence-electron chi connectivity index (χ1n) is 12.2. The molecule has 2 atom stereocenters. The van der Waals surface area contributed by atoms with Crippen LogP contribution in [0.4, 0.5) is 18.9 Å². The molecule has 2 aromatic carbocycles. The average molecular weight is 472 g/mol. The Kier molecular flexibility index (Phi) is 11.9. The van der Waals surface area contributed by atoms with Gasteiger partial charge in [-0.2, -0.15) is 0 Å². The molecule has 0 aliphatic rings. The molecule has 0 saturated heterocycles. The van der Waals surface area contributed by atoms with Crippen LogP contribution in [-0.4, -0.2) is 5.92 Å². The summed E-state index contributed by atoms with van der Waals surface area (Å²) in [4.78, 5) is 0. The summed E-state index contributed by atoms with van der Waals surface area (Å²) in [6.07, 6.45) is 8.99. The number of hydrogen-bond donors (Lipinski definition) is 1. The maximum absolute atomic E-state index is 15.0. The maximum atomic E-state index is 15.0. The molecule has 0 bridgehead atoms. The van der Waals surface area contributed by atoms with E-state index in [4.69, 9.17) is 0 Å². The molecule has 2 rings (SSSR count). The van der Waals surface area contributed by atoms with Gasteiger partial charge in [-0.1, -0.05) is 83.7 Å². The predicted octanol–water partition coefficient (Wildman–Crippen LogP) is 10.0. The summed E-state index contributed by atoms with van der Waals surface area (Å²) in [5.41, 5.74) is 4.51. The van der Waals surface area contributed by atoms with Crippen LogP contribution in [0.25, 0.3) is 11.8 Å². The van der Waals surface area contributed by atoms with Crippen molar-refractivity contribution in [1.29, 1.82) is 0 Å². The van der Waals surface area contributed by atoms with Crippen molar-refractivity contribution >= 4 is 17.5 Å². The van der Waals surface area contributed by atoms with Crippen LogP contribution in [0.5, 0.6) is 0 Å². The van der Waals surface area contributed by atoms with Gasteiger partial charge in [0.2, 0.25) is 0 Å². The number of anilines is 1. The van der Waals surface area contributed by atoms with Crippen molar-refractivity contribution < 1.29 is 13.2 Å². The fourth-order valence-corrected chi connectivity index (χ4v) is 3.72. The van der Waals surface area contributed by atoms with Crippen LogP contribution in [0.15, 0.2) is 61.2 Å². The monoisotopic (exact) mass is 471 g/mol. The molecule has 0 spiro atoms. The van der Waals surface area contributed by atoms with Crippen molar-refractivity contribution in [3.8, 4) is 0 Å². The third kappa shape index (κ3) is 8.23. The topological polar surface area (TPSA) is 12.0 Å². The lowest BCUT2D eigenvalue weighted by molar-refractivity contribution is -0.0290. The van der Waals surface area contributed by atoms with Crippen LogP contribution in [-0.2, 0) is 0 Å². The van der Waals surface area contributed by atoms with Gasteiger partial charge in [0.25, 0.3) is 5.92 Å². The van der Waals surface area contributed by atoms with Crippen LogP contribution in [0.1, 0.15) is 82.6 Å². The molecule has 1 N–H and O–H groups in total. The number of allylic oxidation sites excluding steroid dienone is 3. The highest BCUT2D eigenvalue weighted by molar-refractivity contribution is 5.76. The molecule has 0 saturated carbocycles. The summed E-state index contributed by atoms with van der Waals surface area (Å²) in [6.45, 7) is 16.6. The van der Waals surface area contributed by atoms with E-state index in [1.54, 1.807) is 25.1 Å². The number of nitrogens with one attached hydrogen (secondary N) is 1. The molecule has 186 valence electrons. The van der Waals surface area contributed by atoms with Gasteiger partial charge in [0.1, 0.15) is 5.82 Å². The molecule has 0 aliphatic heterocycles. The third-order valence-electron chi connectivity index (χ3n) is 5.65. The molecular weight excluding hydrogens is 431 g/mol. The van der Waals surface area contributed by atoms with Crippen molar-refractivity contribution in [1.82, 2.24) is 0 Å². The zero-order chi connectivity index (χ0) is 25.9. The number of hydrogen-bond acceptors (Lipinski definition) is 1. The number of halogens is 3. The van der Waals surface area contributed by atoms with Crippen LogP contribution < -0.4 is 5.32 Å². The van der Waals surface area contributed by atoms with Crippen LogP contribution in [0.3, 0.4) is 0 Å². The standard InChI is InChI=1S/C28H34F3N.C2H6/c1-7-9-11-22-17-24(15-13-19(22)3)32-21(5)23-14-16-25(27(29)18-23)20(4)26(12-10-8-2)28(6,30)31;1-2/h9-18,20,26,32H,5,7-8H2,1-4,6H3;1-2H3/b11-9-,12-10-;. The molecule has 0 aliphatic carbocycles. The fraction of sp³-hybridized carbons (Fsp3) is 0.400. The van der Waals surface area contributed by atoms with Gasteiger partial charge in [-0.25, -0.2) is 13.2 Å².